The lowest BCUT2D eigenvalue weighted by atomic mass is 10.1. The van der Waals surface area contributed by atoms with E-state index in [1.807, 2.05) is 42.5 Å². The molecule has 1 fully saturated rings. The molecule has 0 radical (unpaired) electrons. The molecule has 3 heterocycles. The summed E-state index contributed by atoms with van der Waals surface area (Å²) in [6.45, 7) is 1.79. The fourth-order valence-corrected chi connectivity index (χ4v) is 3.69. The molecule has 1 saturated heterocycles. The number of aryl methyl sites for hydroxylation is 1. The van der Waals surface area contributed by atoms with Gasteiger partial charge in [0.15, 0.2) is 5.58 Å². The number of hydrogen-bond donors (Lipinski definition) is 2. The fraction of sp³-hybridized carbons (Fsp3) is 0.208. The van der Waals surface area contributed by atoms with E-state index in [1.54, 1.807) is 25.3 Å². The Balaban J connectivity index is 1.61. The van der Waals surface area contributed by atoms with Crippen LogP contribution in [-0.2, 0) is 16.1 Å². The topological polar surface area (TPSA) is 106 Å². The van der Waals surface area contributed by atoms with Crippen LogP contribution in [0.3, 0.4) is 0 Å². The lowest BCUT2D eigenvalue weighted by Crippen LogP contribution is -2.31. The molecule has 3 aromatic rings. The molecule has 0 saturated carbocycles. The zero-order chi connectivity index (χ0) is 22.1. The van der Waals surface area contributed by atoms with Crippen molar-refractivity contribution >= 4 is 22.6 Å². The van der Waals surface area contributed by atoms with Gasteiger partial charge in [-0.3, -0.25) is 9.78 Å². The standard InChI is InChI=1S/C24H21N3O5/c1-14-22-18(15(12-28)11-25-14)10-19(24(32-22)27-16-5-3-2-4-6-16)23(29)26-17-7-8-20-21(9-17)31-13-30-20/h2-11,20-21,28H,12-13H2,1H3,(H,26,29)/t20-,21-/m0/s1. The second-order valence-corrected chi connectivity index (χ2v) is 7.50. The third-order valence-electron chi connectivity index (χ3n) is 5.36. The molecule has 2 aromatic heterocycles. The number of carbonyl (C=O) groups is 1. The van der Waals surface area contributed by atoms with Gasteiger partial charge in [0.1, 0.15) is 24.6 Å². The van der Waals surface area contributed by atoms with Gasteiger partial charge in [0, 0.05) is 22.8 Å². The molecule has 32 heavy (non-hydrogen) atoms. The van der Waals surface area contributed by atoms with E-state index in [1.165, 1.54) is 0 Å². The number of rotatable bonds is 4. The van der Waals surface area contributed by atoms with Gasteiger partial charge in [-0.2, -0.15) is 0 Å². The van der Waals surface area contributed by atoms with Gasteiger partial charge in [-0.05, 0) is 37.3 Å². The van der Waals surface area contributed by atoms with Gasteiger partial charge in [-0.1, -0.05) is 24.3 Å². The molecule has 1 aliphatic carbocycles. The molecule has 2 atom stereocenters. The summed E-state index contributed by atoms with van der Waals surface area (Å²) in [5.74, 6) is -0.392. The summed E-state index contributed by atoms with van der Waals surface area (Å²) in [4.78, 5) is 22.1. The lowest BCUT2D eigenvalue weighted by Gasteiger charge is -2.17. The number of nitrogens with zero attached hydrogens (tertiary/aromatic N) is 2. The maximum absolute atomic E-state index is 13.3. The number of amides is 1. The average Bonchev–Trinajstić information content (AvgIpc) is 3.28. The Morgan fingerprint density at radius 1 is 1.25 bits per heavy atom. The molecule has 1 aliphatic heterocycles. The molecule has 1 amide bonds. The predicted octanol–water partition coefficient (Wildman–Crippen LogP) is 2.79. The van der Waals surface area contributed by atoms with Gasteiger partial charge in [0.05, 0.1) is 18.0 Å². The summed E-state index contributed by atoms with van der Waals surface area (Å²) >= 11 is 0. The minimum absolute atomic E-state index is 0.141. The average molecular weight is 431 g/mol. The van der Waals surface area contributed by atoms with Crippen molar-refractivity contribution < 1.29 is 23.8 Å². The molecule has 2 aliphatic rings. The van der Waals surface area contributed by atoms with Crippen LogP contribution in [-0.4, -0.2) is 35.0 Å². The van der Waals surface area contributed by atoms with Gasteiger partial charge in [-0.25, -0.2) is 4.99 Å². The summed E-state index contributed by atoms with van der Waals surface area (Å²) in [5, 5.41) is 13.3. The molecule has 2 N–H and O–H groups in total. The van der Waals surface area contributed by atoms with Crippen molar-refractivity contribution in [2.45, 2.75) is 25.7 Å². The van der Waals surface area contributed by atoms with Gasteiger partial charge < -0.3 is 24.3 Å². The summed E-state index contributed by atoms with van der Waals surface area (Å²) < 4.78 is 17.0. The minimum atomic E-state index is -0.392. The first kappa shape index (κ1) is 20.3. The quantitative estimate of drug-likeness (QED) is 0.658. The number of aromatic nitrogens is 1. The first-order valence-electron chi connectivity index (χ1n) is 10.2. The van der Waals surface area contributed by atoms with Crippen LogP contribution in [0.1, 0.15) is 21.6 Å². The van der Waals surface area contributed by atoms with Gasteiger partial charge in [0.2, 0.25) is 5.55 Å². The van der Waals surface area contributed by atoms with E-state index in [-0.39, 0.29) is 36.7 Å². The highest BCUT2D eigenvalue weighted by atomic mass is 16.7. The Kier molecular flexibility index (Phi) is 5.40. The van der Waals surface area contributed by atoms with Gasteiger partial charge in [-0.15, -0.1) is 0 Å². The van der Waals surface area contributed by atoms with E-state index in [4.69, 9.17) is 13.9 Å². The maximum atomic E-state index is 13.3. The number of pyridine rings is 1. The minimum Gasteiger partial charge on any atom is -0.436 e. The smallest absolute Gasteiger partial charge is 0.261 e. The van der Waals surface area contributed by atoms with E-state index in [0.29, 0.717) is 33.6 Å². The number of carbonyl (C=O) groups excluding carboxylic acids is 1. The molecule has 8 nitrogen and oxygen atoms in total. The van der Waals surface area contributed by atoms with Crippen molar-refractivity contribution in [3.63, 3.8) is 0 Å². The SMILES string of the molecule is Cc1ncc(CO)c2cc(C(=O)NC3=C[C@@H]4OCO[C@H]4C=C3)c(=Nc3ccccc3)oc12. The van der Waals surface area contributed by atoms with Crippen LogP contribution in [0.15, 0.2) is 75.9 Å². The molecule has 162 valence electrons. The molecule has 5 rings (SSSR count). The van der Waals surface area contributed by atoms with Gasteiger partial charge >= 0.3 is 0 Å². The molecular weight excluding hydrogens is 410 g/mol. The highest BCUT2D eigenvalue weighted by Gasteiger charge is 2.28. The number of fused-ring (bicyclic) bond motifs is 2. The molecule has 1 aromatic carbocycles. The molecule has 8 heteroatoms. The van der Waals surface area contributed by atoms with E-state index in [0.717, 1.165) is 0 Å². The summed E-state index contributed by atoms with van der Waals surface area (Å²) in [6, 6.07) is 10.9. The van der Waals surface area contributed by atoms with E-state index < -0.39 is 5.91 Å². The number of nitrogens with one attached hydrogen (secondary N) is 1. The van der Waals surface area contributed by atoms with Gasteiger partial charge in [0.25, 0.3) is 5.91 Å². The van der Waals surface area contributed by atoms with Crippen LogP contribution in [0.25, 0.3) is 11.0 Å². The number of hydrogen-bond acceptors (Lipinski definition) is 7. The highest BCUT2D eigenvalue weighted by Crippen LogP contribution is 2.23. The van der Waals surface area contributed by atoms with E-state index in [9.17, 15) is 9.90 Å². The van der Waals surface area contributed by atoms with Crippen molar-refractivity contribution in [1.82, 2.24) is 10.3 Å². The zero-order valence-electron chi connectivity index (χ0n) is 17.3. The Morgan fingerprint density at radius 2 is 2.06 bits per heavy atom. The van der Waals surface area contributed by atoms with Crippen LogP contribution in [0, 0.1) is 6.92 Å². The Labute approximate surface area is 183 Å². The number of ether oxygens (including phenoxy) is 2. The maximum Gasteiger partial charge on any atom is 0.261 e. The summed E-state index contributed by atoms with van der Waals surface area (Å²) in [5.41, 5.74) is 3.30. The largest absolute Gasteiger partial charge is 0.436 e. The van der Waals surface area contributed by atoms with Crippen molar-refractivity contribution in [1.29, 1.82) is 0 Å². The summed E-state index contributed by atoms with van der Waals surface area (Å²) in [6.07, 6.45) is 6.65. The van der Waals surface area contributed by atoms with Crippen LogP contribution in [0.5, 0.6) is 0 Å². The Morgan fingerprint density at radius 3 is 2.88 bits per heavy atom. The number of benzene rings is 1. The van der Waals surface area contributed by atoms with Crippen molar-refractivity contribution in [2.24, 2.45) is 4.99 Å². The van der Waals surface area contributed by atoms with Crippen LogP contribution in [0.4, 0.5) is 5.69 Å². The predicted molar refractivity (Wildman–Crippen MR) is 116 cm³/mol. The zero-order valence-corrected chi connectivity index (χ0v) is 17.3. The number of aliphatic hydroxyl groups excluding tert-OH is 1. The number of aliphatic hydroxyl groups is 1. The lowest BCUT2D eigenvalue weighted by molar-refractivity contribution is 0.0503. The Hall–Kier alpha value is -3.59. The van der Waals surface area contributed by atoms with Crippen LogP contribution in [0.2, 0.25) is 0 Å². The second kappa shape index (κ2) is 8.51. The molecule has 0 bridgehead atoms. The Bertz CT molecular complexity index is 1310. The molecule has 0 unspecified atom stereocenters. The highest BCUT2D eigenvalue weighted by molar-refractivity contribution is 5.98. The third-order valence-corrected chi connectivity index (χ3v) is 5.36. The normalized spacial score (nSPS) is 20.3. The van der Waals surface area contributed by atoms with Crippen LogP contribution < -0.4 is 10.9 Å². The monoisotopic (exact) mass is 431 g/mol. The summed E-state index contributed by atoms with van der Waals surface area (Å²) in [7, 11) is 0. The van der Waals surface area contributed by atoms with Crippen molar-refractivity contribution in [2.75, 3.05) is 6.79 Å². The fourth-order valence-electron chi connectivity index (χ4n) is 3.69. The first-order chi connectivity index (χ1) is 15.6. The first-order valence-corrected chi connectivity index (χ1v) is 10.2. The van der Waals surface area contributed by atoms with E-state index >= 15 is 0 Å². The number of allylic oxidation sites excluding steroid dienone is 1. The molecule has 0 spiro atoms. The third kappa shape index (κ3) is 3.87. The van der Waals surface area contributed by atoms with Crippen molar-refractivity contribution in [3.8, 4) is 0 Å². The molecular formula is C24H21N3O5. The second-order valence-electron chi connectivity index (χ2n) is 7.50. The van der Waals surface area contributed by atoms with E-state index in [2.05, 4.69) is 15.3 Å². The number of para-hydroxylation sites is 1. The van der Waals surface area contributed by atoms with Crippen LogP contribution >= 0.6 is 0 Å². The van der Waals surface area contributed by atoms with Crippen molar-refractivity contribution in [3.05, 3.63) is 88.9 Å².